The molecule has 1 N–H and O–H groups in total. The molecular formula is C20H24N4O3S. The SMILES string of the molecule is COCCCn1c(SCC(=O)Nc2cccc(C)c2)nnc1-c1ccoc1C. The van der Waals surface area contributed by atoms with Gasteiger partial charge in [0.25, 0.3) is 0 Å². The highest BCUT2D eigenvalue weighted by Crippen LogP contribution is 2.27. The minimum absolute atomic E-state index is 0.0805. The molecule has 148 valence electrons. The molecule has 2 aromatic heterocycles. The van der Waals surface area contributed by atoms with Gasteiger partial charge in [-0.2, -0.15) is 0 Å². The number of carbonyl (C=O) groups excluding carboxylic acids is 1. The van der Waals surface area contributed by atoms with E-state index in [1.165, 1.54) is 11.8 Å². The van der Waals surface area contributed by atoms with E-state index >= 15 is 0 Å². The van der Waals surface area contributed by atoms with Crippen molar-refractivity contribution in [1.82, 2.24) is 14.8 Å². The summed E-state index contributed by atoms with van der Waals surface area (Å²) in [4.78, 5) is 12.3. The molecule has 3 aromatic rings. The Bertz CT molecular complexity index is 935. The topological polar surface area (TPSA) is 82.2 Å². The highest BCUT2D eigenvalue weighted by molar-refractivity contribution is 7.99. The maximum Gasteiger partial charge on any atom is 0.234 e. The molecule has 0 aliphatic carbocycles. The fourth-order valence-corrected chi connectivity index (χ4v) is 3.59. The maximum absolute atomic E-state index is 12.3. The standard InChI is InChI=1S/C20H24N4O3S/c1-14-6-4-7-16(12-14)21-18(25)13-28-20-23-22-19(17-8-11-27-15(17)2)24(20)9-5-10-26-3/h4,6-8,11-12H,5,9-10,13H2,1-3H3,(H,21,25). The number of nitrogens with one attached hydrogen (secondary N) is 1. The predicted octanol–water partition coefficient (Wildman–Crippen LogP) is 3.92. The normalized spacial score (nSPS) is 11.0. The third kappa shape index (κ3) is 5.02. The molecule has 0 fully saturated rings. The van der Waals surface area contributed by atoms with Crippen LogP contribution in [0.1, 0.15) is 17.7 Å². The van der Waals surface area contributed by atoms with Gasteiger partial charge in [0.15, 0.2) is 11.0 Å². The van der Waals surface area contributed by atoms with Gasteiger partial charge in [0, 0.05) is 25.9 Å². The number of furan rings is 1. The number of carbonyl (C=O) groups is 1. The lowest BCUT2D eigenvalue weighted by Gasteiger charge is -2.10. The number of hydrogen-bond acceptors (Lipinski definition) is 6. The number of rotatable bonds is 9. The van der Waals surface area contributed by atoms with Gasteiger partial charge in [0.2, 0.25) is 5.91 Å². The zero-order chi connectivity index (χ0) is 19.9. The van der Waals surface area contributed by atoms with Gasteiger partial charge >= 0.3 is 0 Å². The second-order valence-electron chi connectivity index (χ2n) is 6.40. The van der Waals surface area contributed by atoms with E-state index < -0.39 is 0 Å². The van der Waals surface area contributed by atoms with E-state index in [1.807, 2.05) is 48.7 Å². The minimum atomic E-state index is -0.0805. The Morgan fingerprint density at radius 1 is 1.29 bits per heavy atom. The largest absolute Gasteiger partial charge is 0.469 e. The summed E-state index contributed by atoms with van der Waals surface area (Å²) < 4.78 is 12.6. The van der Waals surface area contributed by atoms with Crippen molar-refractivity contribution in [2.24, 2.45) is 0 Å². The van der Waals surface area contributed by atoms with Crippen molar-refractivity contribution in [2.75, 3.05) is 24.8 Å². The van der Waals surface area contributed by atoms with Crippen LogP contribution < -0.4 is 5.32 Å². The molecule has 0 bridgehead atoms. The lowest BCUT2D eigenvalue weighted by atomic mass is 10.2. The monoisotopic (exact) mass is 400 g/mol. The molecule has 0 radical (unpaired) electrons. The number of ether oxygens (including phenoxy) is 1. The molecule has 0 atom stereocenters. The van der Waals surface area contributed by atoms with E-state index in [9.17, 15) is 4.79 Å². The molecule has 28 heavy (non-hydrogen) atoms. The zero-order valence-corrected chi connectivity index (χ0v) is 17.1. The molecule has 1 aromatic carbocycles. The average molecular weight is 401 g/mol. The van der Waals surface area contributed by atoms with Crippen molar-refractivity contribution in [3.63, 3.8) is 0 Å². The molecular weight excluding hydrogens is 376 g/mol. The fourth-order valence-electron chi connectivity index (χ4n) is 2.83. The van der Waals surface area contributed by atoms with Crippen LogP contribution in [-0.2, 0) is 16.1 Å². The Kier molecular flexibility index (Phi) is 6.89. The molecule has 0 unspecified atom stereocenters. The second-order valence-corrected chi connectivity index (χ2v) is 7.34. The summed E-state index contributed by atoms with van der Waals surface area (Å²) in [5.41, 5.74) is 2.80. The highest BCUT2D eigenvalue weighted by Gasteiger charge is 2.18. The Balaban J connectivity index is 1.71. The number of benzene rings is 1. The van der Waals surface area contributed by atoms with Gasteiger partial charge < -0.3 is 19.0 Å². The lowest BCUT2D eigenvalue weighted by molar-refractivity contribution is -0.113. The van der Waals surface area contributed by atoms with E-state index in [-0.39, 0.29) is 11.7 Å². The summed E-state index contributed by atoms with van der Waals surface area (Å²) >= 11 is 1.37. The minimum Gasteiger partial charge on any atom is -0.469 e. The van der Waals surface area contributed by atoms with Crippen molar-refractivity contribution >= 4 is 23.4 Å². The molecule has 0 saturated carbocycles. The van der Waals surface area contributed by atoms with E-state index in [0.29, 0.717) is 18.3 Å². The van der Waals surface area contributed by atoms with E-state index in [1.54, 1.807) is 13.4 Å². The van der Waals surface area contributed by atoms with Crippen molar-refractivity contribution in [2.45, 2.75) is 32.0 Å². The molecule has 0 aliphatic heterocycles. The van der Waals surface area contributed by atoms with Crippen LogP contribution in [0.5, 0.6) is 0 Å². The van der Waals surface area contributed by atoms with Crippen molar-refractivity contribution in [3.8, 4) is 11.4 Å². The number of hydrogen-bond donors (Lipinski definition) is 1. The fraction of sp³-hybridized carbons (Fsp3) is 0.350. The second kappa shape index (κ2) is 9.57. The van der Waals surface area contributed by atoms with Crippen molar-refractivity contribution < 1.29 is 13.9 Å². The van der Waals surface area contributed by atoms with Gasteiger partial charge in [-0.15, -0.1) is 10.2 Å². The molecule has 2 heterocycles. The first-order valence-corrected chi connectivity index (χ1v) is 10.0. The average Bonchev–Trinajstić information content (AvgIpc) is 3.26. The Morgan fingerprint density at radius 3 is 2.86 bits per heavy atom. The summed E-state index contributed by atoms with van der Waals surface area (Å²) in [5, 5.41) is 12.2. The molecule has 3 rings (SSSR count). The van der Waals surface area contributed by atoms with Crippen LogP contribution in [0.2, 0.25) is 0 Å². The summed E-state index contributed by atoms with van der Waals surface area (Å²) in [5.74, 6) is 1.70. The van der Waals surface area contributed by atoms with E-state index in [0.717, 1.165) is 34.8 Å². The molecule has 1 amide bonds. The van der Waals surface area contributed by atoms with Crippen LogP contribution >= 0.6 is 11.8 Å². The first-order valence-electron chi connectivity index (χ1n) is 9.04. The highest BCUT2D eigenvalue weighted by atomic mass is 32.2. The smallest absolute Gasteiger partial charge is 0.234 e. The number of nitrogens with zero attached hydrogens (tertiary/aromatic N) is 3. The molecule has 0 saturated heterocycles. The Hall–Kier alpha value is -2.58. The van der Waals surface area contributed by atoms with Gasteiger partial charge in [-0.05, 0) is 44.0 Å². The number of aryl methyl sites for hydroxylation is 2. The van der Waals surface area contributed by atoms with E-state index in [2.05, 4.69) is 15.5 Å². The number of aromatic nitrogens is 3. The van der Waals surface area contributed by atoms with Crippen LogP contribution in [0.4, 0.5) is 5.69 Å². The molecule has 0 spiro atoms. The van der Waals surface area contributed by atoms with Gasteiger partial charge in [-0.1, -0.05) is 23.9 Å². The van der Waals surface area contributed by atoms with Crippen LogP contribution in [0.3, 0.4) is 0 Å². The van der Waals surface area contributed by atoms with Crippen LogP contribution in [0.25, 0.3) is 11.4 Å². The van der Waals surface area contributed by atoms with Crippen LogP contribution in [-0.4, -0.2) is 40.1 Å². The maximum atomic E-state index is 12.3. The number of anilines is 1. The number of methoxy groups -OCH3 is 1. The summed E-state index contributed by atoms with van der Waals surface area (Å²) in [6, 6.07) is 9.61. The summed E-state index contributed by atoms with van der Waals surface area (Å²) in [6.07, 6.45) is 2.46. The van der Waals surface area contributed by atoms with Crippen LogP contribution in [0.15, 0.2) is 46.2 Å². The van der Waals surface area contributed by atoms with Crippen molar-refractivity contribution in [1.29, 1.82) is 0 Å². The molecule has 0 aliphatic rings. The first-order chi connectivity index (χ1) is 13.6. The zero-order valence-electron chi connectivity index (χ0n) is 16.3. The van der Waals surface area contributed by atoms with Gasteiger partial charge in [-0.25, -0.2) is 0 Å². The van der Waals surface area contributed by atoms with Gasteiger partial charge in [0.1, 0.15) is 5.76 Å². The number of amides is 1. The third-order valence-electron chi connectivity index (χ3n) is 4.18. The summed E-state index contributed by atoms with van der Waals surface area (Å²) in [7, 11) is 1.68. The summed E-state index contributed by atoms with van der Waals surface area (Å²) in [6.45, 7) is 5.22. The molecule has 7 nitrogen and oxygen atoms in total. The first kappa shape index (κ1) is 20.2. The lowest BCUT2D eigenvalue weighted by Crippen LogP contribution is -2.15. The predicted molar refractivity (Wildman–Crippen MR) is 109 cm³/mol. The van der Waals surface area contributed by atoms with Crippen LogP contribution in [0, 0.1) is 13.8 Å². The van der Waals surface area contributed by atoms with Crippen molar-refractivity contribution in [3.05, 3.63) is 47.9 Å². The van der Waals surface area contributed by atoms with Gasteiger partial charge in [-0.3, -0.25) is 4.79 Å². The third-order valence-corrected chi connectivity index (χ3v) is 5.15. The van der Waals surface area contributed by atoms with Gasteiger partial charge in [0.05, 0.1) is 17.6 Å². The molecule has 8 heteroatoms. The Morgan fingerprint density at radius 2 is 2.14 bits per heavy atom. The number of thioether (sulfide) groups is 1. The quantitative estimate of drug-likeness (QED) is 0.433. The Labute approximate surface area is 168 Å². The van der Waals surface area contributed by atoms with E-state index in [4.69, 9.17) is 9.15 Å².